The maximum atomic E-state index is 10.8. The van der Waals surface area contributed by atoms with Gasteiger partial charge < -0.3 is 19.1 Å². The van der Waals surface area contributed by atoms with E-state index in [9.17, 15) is 4.79 Å². The van der Waals surface area contributed by atoms with Gasteiger partial charge in [-0.1, -0.05) is 0 Å². The van der Waals surface area contributed by atoms with Gasteiger partial charge in [0.05, 0.1) is 37.4 Å². The molecule has 1 N–H and O–H groups in total. The van der Waals surface area contributed by atoms with Crippen LogP contribution in [0.4, 0.5) is 0 Å². The highest BCUT2D eigenvalue weighted by Gasteiger charge is 2.15. The van der Waals surface area contributed by atoms with E-state index in [0.29, 0.717) is 18.0 Å². The van der Waals surface area contributed by atoms with Gasteiger partial charge in [0.25, 0.3) is 0 Å². The summed E-state index contributed by atoms with van der Waals surface area (Å²) < 4.78 is 12.5. The van der Waals surface area contributed by atoms with Crippen molar-refractivity contribution in [2.75, 3.05) is 20.5 Å². The number of methoxy groups -OCH3 is 2. The normalized spacial score (nSPS) is 10.8. The first-order valence-electron chi connectivity index (χ1n) is 6.42. The van der Waals surface area contributed by atoms with E-state index in [0.717, 1.165) is 22.6 Å². The van der Waals surface area contributed by atoms with Gasteiger partial charge in [0.15, 0.2) is 11.5 Å². The van der Waals surface area contributed by atoms with E-state index < -0.39 is 5.97 Å². The number of thioether (sulfide) groups is 1. The third-order valence-corrected chi connectivity index (χ3v) is 3.70. The molecule has 2 rings (SSSR count). The van der Waals surface area contributed by atoms with E-state index in [1.54, 1.807) is 26.0 Å². The van der Waals surface area contributed by atoms with Crippen LogP contribution in [0.1, 0.15) is 12.2 Å². The summed E-state index contributed by atoms with van der Waals surface area (Å²) in [6, 6.07) is 3.65. The number of hydrogen-bond donors (Lipinski definition) is 1. The average molecular weight is 310 g/mol. The minimum absolute atomic E-state index is 0.0567. The topological polar surface area (TPSA) is 73.6 Å². The Bertz CT molecular complexity index is 654. The number of carboxylic acids is 1. The highest BCUT2D eigenvalue weighted by molar-refractivity contribution is 7.97. The summed E-state index contributed by atoms with van der Waals surface area (Å²) in [4.78, 5) is 15.4. The van der Waals surface area contributed by atoms with E-state index in [2.05, 4.69) is 4.98 Å². The standard InChI is InChI=1S/C14H18N2O4S/c1-19-11-6-9-10(7-12(11)20-2)16(5-4-14(17)18)13(15-9)8-21-3/h6-7H,4-5,8H2,1-3H3,(H,17,18). The summed E-state index contributed by atoms with van der Waals surface area (Å²) in [5, 5.41) is 8.90. The lowest BCUT2D eigenvalue weighted by Gasteiger charge is -2.09. The van der Waals surface area contributed by atoms with Crippen LogP contribution in [0.25, 0.3) is 11.0 Å². The number of nitrogens with zero attached hydrogens (tertiary/aromatic N) is 2. The third kappa shape index (κ3) is 3.24. The van der Waals surface area contributed by atoms with Gasteiger partial charge in [0.2, 0.25) is 0 Å². The molecule has 0 unspecified atom stereocenters. The van der Waals surface area contributed by atoms with Crippen LogP contribution >= 0.6 is 11.8 Å². The monoisotopic (exact) mass is 310 g/mol. The molecule has 0 bridgehead atoms. The van der Waals surface area contributed by atoms with E-state index >= 15 is 0 Å². The quantitative estimate of drug-likeness (QED) is 0.846. The third-order valence-electron chi connectivity index (χ3n) is 3.16. The Hall–Kier alpha value is -1.89. The molecule has 0 radical (unpaired) electrons. The Morgan fingerprint density at radius 2 is 2.00 bits per heavy atom. The lowest BCUT2D eigenvalue weighted by Crippen LogP contribution is -2.07. The minimum Gasteiger partial charge on any atom is -0.493 e. The number of rotatable bonds is 7. The zero-order chi connectivity index (χ0) is 15.4. The molecule has 0 atom stereocenters. The fourth-order valence-corrected chi connectivity index (χ4v) is 2.68. The van der Waals surface area contributed by atoms with Crippen LogP contribution in [-0.2, 0) is 17.1 Å². The molecule has 0 saturated heterocycles. The van der Waals surface area contributed by atoms with E-state index in [1.165, 1.54) is 0 Å². The summed E-state index contributed by atoms with van der Waals surface area (Å²) in [6.45, 7) is 0.386. The second-order valence-electron chi connectivity index (χ2n) is 4.45. The summed E-state index contributed by atoms with van der Waals surface area (Å²) >= 11 is 1.65. The van der Waals surface area contributed by atoms with E-state index in [-0.39, 0.29) is 6.42 Å². The number of aliphatic carboxylic acids is 1. The van der Waals surface area contributed by atoms with Crippen LogP contribution in [0.5, 0.6) is 11.5 Å². The number of aryl methyl sites for hydroxylation is 1. The fraction of sp³-hybridized carbons (Fsp3) is 0.429. The molecule has 6 nitrogen and oxygen atoms in total. The lowest BCUT2D eigenvalue weighted by molar-refractivity contribution is -0.137. The van der Waals surface area contributed by atoms with Crippen molar-refractivity contribution in [3.63, 3.8) is 0 Å². The van der Waals surface area contributed by atoms with E-state index in [1.807, 2.05) is 23.0 Å². The number of carbonyl (C=O) groups is 1. The first kappa shape index (κ1) is 15.5. The maximum Gasteiger partial charge on any atom is 0.305 e. The van der Waals surface area contributed by atoms with Crippen LogP contribution in [0.2, 0.25) is 0 Å². The summed E-state index contributed by atoms with van der Waals surface area (Å²) in [7, 11) is 3.15. The van der Waals surface area contributed by atoms with Gasteiger partial charge in [-0.15, -0.1) is 0 Å². The predicted octanol–water partition coefficient (Wildman–Crippen LogP) is 2.39. The highest BCUT2D eigenvalue weighted by Crippen LogP contribution is 2.33. The number of aromatic nitrogens is 2. The molecule has 21 heavy (non-hydrogen) atoms. The van der Waals surface area contributed by atoms with Gasteiger partial charge in [0, 0.05) is 18.7 Å². The number of fused-ring (bicyclic) bond motifs is 1. The van der Waals surface area contributed by atoms with Crippen molar-refractivity contribution in [2.45, 2.75) is 18.7 Å². The van der Waals surface area contributed by atoms with Gasteiger partial charge in [-0.05, 0) is 6.26 Å². The van der Waals surface area contributed by atoms with Crippen LogP contribution in [0, 0.1) is 0 Å². The van der Waals surface area contributed by atoms with Gasteiger partial charge in [-0.2, -0.15) is 11.8 Å². The fourth-order valence-electron chi connectivity index (χ4n) is 2.20. The first-order chi connectivity index (χ1) is 10.1. The SMILES string of the molecule is COc1cc2nc(CSC)n(CCC(=O)O)c2cc1OC. The molecule has 114 valence electrons. The molecule has 0 aliphatic rings. The number of carboxylic acid groups (broad SMARTS) is 1. The number of imidazole rings is 1. The number of hydrogen-bond acceptors (Lipinski definition) is 5. The molecule has 1 aromatic heterocycles. The van der Waals surface area contributed by atoms with Gasteiger partial charge >= 0.3 is 5.97 Å². The van der Waals surface area contributed by atoms with Gasteiger partial charge in [-0.25, -0.2) is 4.98 Å². The van der Waals surface area contributed by atoms with Crippen molar-refractivity contribution in [2.24, 2.45) is 0 Å². The largest absolute Gasteiger partial charge is 0.493 e. The van der Waals surface area contributed by atoms with Crippen LogP contribution in [0.3, 0.4) is 0 Å². The van der Waals surface area contributed by atoms with Crippen molar-refractivity contribution in [3.05, 3.63) is 18.0 Å². The second kappa shape index (κ2) is 6.71. The Kier molecular flexibility index (Phi) is 4.95. The van der Waals surface area contributed by atoms with Crippen molar-refractivity contribution >= 4 is 28.8 Å². The molecule has 1 aromatic carbocycles. The minimum atomic E-state index is -0.826. The summed E-state index contributed by atoms with van der Waals surface area (Å²) in [5.41, 5.74) is 1.64. The highest BCUT2D eigenvalue weighted by atomic mass is 32.2. The zero-order valence-electron chi connectivity index (χ0n) is 12.3. The molecule has 0 saturated carbocycles. The molecule has 0 spiro atoms. The van der Waals surface area contributed by atoms with Crippen molar-refractivity contribution in [1.82, 2.24) is 9.55 Å². The number of ether oxygens (including phenoxy) is 2. The Labute approximate surface area is 127 Å². The van der Waals surface area contributed by atoms with Crippen LogP contribution in [-0.4, -0.2) is 41.1 Å². The number of benzene rings is 1. The Morgan fingerprint density at radius 1 is 1.33 bits per heavy atom. The second-order valence-corrected chi connectivity index (χ2v) is 5.32. The molecular formula is C14H18N2O4S. The summed E-state index contributed by atoms with van der Waals surface area (Å²) in [6.07, 6.45) is 2.04. The smallest absolute Gasteiger partial charge is 0.305 e. The van der Waals surface area contributed by atoms with E-state index in [4.69, 9.17) is 14.6 Å². The Morgan fingerprint density at radius 3 is 2.57 bits per heavy atom. The molecule has 0 fully saturated rings. The summed E-state index contributed by atoms with van der Waals surface area (Å²) in [5.74, 6) is 1.97. The van der Waals surface area contributed by atoms with Crippen LogP contribution < -0.4 is 9.47 Å². The molecule has 0 aliphatic carbocycles. The Balaban J connectivity index is 2.55. The maximum absolute atomic E-state index is 10.8. The molecule has 7 heteroatoms. The molecular weight excluding hydrogens is 292 g/mol. The van der Waals surface area contributed by atoms with Gasteiger partial charge in [0.1, 0.15) is 5.82 Å². The zero-order valence-corrected chi connectivity index (χ0v) is 13.1. The first-order valence-corrected chi connectivity index (χ1v) is 7.82. The van der Waals surface area contributed by atoms with Crippen molar-refractivity contribution in [1.29, 1.82) is 0 Å². The molecule has 2 aromatic rings. The lowest BCUT2D eigenvalue weighted by atomic mass is 10.2. The van der Waals surface area contributed by atoms with Crippen molar-refractivity contribution in [3.8, 4) is 11.5 Å². The van der Waals surface area contributed by atoms with Crippen molar-refractivity contribution < 1.29 is 19.4 Å². The van der Waals surface area contributed by atoms with Crippen LogP contribution in [0.15, 0.2) is 12.1 Å². The predicted molar refractivity (Wildman–Crippen MR) is 82.3 cm³/mol. The molecule has 0 amide bonds. The molecule has 0 aliphatic heterocycles. The average Bonchev–Trinajstić information content (AvgIpc) is 2.80. The molecule has 1 heterocycles. The van der Waals surface area contributed by atoms with Gasteiger partial charge in [-0.3, -0.25) is 4.79 Å².